The molecule has 1 N–H and O–H groups in total. The molecule has 8 heteroatoms. The van der Waals surface area contributed by atoms with Crippen molar-refractivity contribution in [3.8, 4) is 6.07 Å². The predicted octanol–water partition coefficient (Wildman–Crippen LogP) is 4.53. The first-order chi connectivity index (χ1) is 14.7. The van der Waals surface area contributed by atoms with Gasteiger partial charge < -0.3 is 5.32 Å². The Morgan fingerprint density at radius 2 is 1.74 bits per heavy atom. The van der Waals surface area contributed by atoms with E-state index in [1.54, 1.807) is 54.6 Å². The van der Waals surface area contributed by atoms with Crippen LogP contribution in [0.15, 0.2) is 77.7 Å². The van der Waals surface area contributed by atoms with E-state index in [9.17, 15) is 13.2 Å². The summed E-state index contributed by atoms with van der Waals surface area (Å²) in [7, 11) is -2.46. The molecule has 0 radical (unpaired) electrons. The predicted molar refractivity (Wildman–Crippen MR) is 121 cm³/mol. The van der Waals surface area contributed by atoms with Crippen LogP contribution in [0.1, 0.15) is 34.5 Å². The molecule has 3 aromatic carbocycles. The highest BCUT2D eigenvalue weighted by molar-refractivity contribution is 7.92. The van der Waals surface area contributed by atoms with Gasteiger partial charge in [-0.1, -0.05) is 35.9 Å². The fourth-order valence-electron chi connectivity index (χ4n) is 2.98. The molecule has 1 atom stereocenters. The lowest BCUT2D eigenvalue weighted by Crippen LogP contribution is -2.28. The van der Waals surface area contributed by atoms with Crippen molar-refractivity contribution < 1.29 is 13.2 Å². The minimum Gasteiger partial charge on any atom is -0.346 e. The molecular formula is C23H20ClN3O3S. The summed E-state index contributed by atoms with van der Waals surface area (Å²) in [5.74, 6) is -0.403. The van der Waals surface area contributed by atoms with Crippen molar-refractivity contribution in [3.05, 3.63) is 94.5 Å². The molecule has 1 unspecified atom stereocenters. The minimum atomic E-state index is -3.89. The number of amides is 1. The van der Waals surface area contributed by atoms with E-state index in [1.807, 2.05) is 13.0 Å². The number of hydrogen-bond acceptors (Lipinski definition) is 4. The summed E-state index contributed by atoms with van der Waals surface area (Å²) in [6, 6.07) is 21.0. The molecule has 3 aromatic rings. The van der Waals surface area contributed by atoms with Gasteiger partial charge in [-0.15, -0.1) is 0 Å². The molecule has 158 valence electrons. The van der Waals surface area contributed by atoms with Gasteiger partial charge in [0, 0.05) is 17.6 Å². The Balaban J connectivity index is 1.81. The average molecular weight is 454 g/mol. The molecule has 0 aromatic heterocycles. The van der Waals surface area contributed by atoms with Gasteiger partial charge in [0.2, 0.25) is 0 Å². The molecule has 0 spiro atoms. The molecule has 3 rings (SSSR count). The first-order valence-electron chi connectivity index (χ1n) is 9.38. The molecule has 0 heterocycles. The third kappa shape index (κ3) is 5.05. The molecule has 0 aliphatic rings. The van der Waals surface area contributed by atoms with Crippen molar-refractivity contribution >= 4 is 33.2 Å². The van der Waals surface area contributed by atoms with Crippen LogP contribution in [-0.2, 0) is 10.0 Å². The second-order valence-corrected chi connectivity index (χ2v) is 9.31. The number of carbonyl (C=O) groups is 1. The second-order valence-electron chi connectivity index (χ2n) is 6.91. The van der Waals surface area contributed by atoms with Crippen molar-refractivity contribution in [1.29, 1.82) is 5.26 Å². The van der Waals surface area contributed by atoms with Gasteiger partial charge in [0.25, 0.3) is 15.9 Å². The fraction of sp³-hybridized carbons (Fsp3) is 0.130. The lowest BCUT2D eigenvalue weighted by Gasteiger charge is -2.20. The summed E-state index contributed by atoms with van der Waals surface area (Å²) in [6.07, 6.45) is 0. The molecule has 31 heavy (non-hydrogen) atoms. The van der Waals surface area contributed by atoms with Crippen LogP contribution in [0.3, 0.4) is 0 Å². The van der Waals surface area contributed by atoms with E-state index in [0.29, 0.717) is 16.3 Å². The zero-order valence-electron chi connectivity index (χ0n) is 16.9. The second kappa shape index (κ2) is 9.21. The Bertz CT molecular complexity index is 1250. The van der Waals surface area contributed by atoms with Gasteiger partial charge in [0.1, 0.15) is 0 Å². The van der Waals surface area contributed by atoms with Crippen molar-refractivity contribution in [1.82, 2.24) is 5.32 Å². The molecule has 0 bridgehead atoms. The zero-order chi connectivity index (χ0) is 22.6. The smallest absolute Gasteiger partial charge is 0.264 e. The maximum Gasteiger partial charge on any atom is 0.264 e. The van der Waals surface area contributed by atoms with E-state index in [0.717, 1.165) is 9.87 Å². The molecule has 1 amide bonds. The maximum absolute atomic E-state index is 13.0. The van der Waals surface area contributed by atoms with E-state index in [1.165, 1.54) is 25.2 Å². The van der Waals surface area contributed by atoms with Crippen molar-refractivity contribution in [2.75, 3.05) is 11.4 Å². The van der Waals surface area contributed by atoms with Crippen molar-refractivity contribution in [3.63, 3.8) is 0 Å². The Morgan fingerprint density at radius 1 is 1.06 bits per heavy atom. The standard InChI is InChI=1S/C23H20ClN3O3S/c1-16(18-11-9-17(15-25)10-12-18)26-23(28)19-5-3-8-22(13-19)31(29,30)27(2)21-7-4-6-20(24)14-21/h3-14,16H,1-2H3,(H,26,28). The number of nitrogens with one attached hydrogen (secondary N) is 1. The number of benzene rings is 3. The van der Waals surface area contributed by atoms with Crippen LogP contribution in [-0.4, -0.2) is 21.4 Å². The summed E-state index contributed by atoms with van der Waals surface area (Å²) in [5.41, 5.74) is 2.00. The van der Waals surface area contributed by atoms with Crippen LogP contribution >= 0.6 is 11.6 Å². The van der Waals surface area contributed by atoms with Gasteiger partial charge >= 0.3 is 0 Å². The number of hydrogen-bond donors (Lipinski definition) is 1. The first-order valence-corrected chi connectivity index (χ1v) is 11.2. The monoisotopic (exact) mass is 453 g/mol. The molecular weight excluding hydrogens is 434 g/mol. The number of halogens is 1. The van der Waals surface area contributed by atoms with Crippen LogP contribution in [0.2, 0.25) is 5.02 Å². The van der Waals surface area contributed by atoms with Gasteiger partial charge in [-0.3, -0.25) is 9.10 Å². The Labute approximate surface area is 186 Å². The van der Waals surface area contributed by atoms with Crippen LogP contribution in [0.5, 0.6) is 0 Å². The summed E-state index contributed by atoms with van der Waals surface area (Å²) in [5, 5.41) is 12.2. The molecule has 6 nitrogen and oxygen atoms in total. The number of anilines is 1. The van der Waals surface area contributed by atoms with E-state index in [4.69, 9.17) is 16.9 Å². The van der Waals surface area contributed by atoms with Crippen LogP contribution in [0.4, 0.5) is 5.69 Å². The largest absolute Gasteiger partial charge is 0.346 e. The summed E-state index contributed by atoms with van der Waals surface area (Å²) < 4.78 is 27.2. The Morgan fingerprint density at radius 3 is 2.39 bits per heavy atom. The molecule has 0 saturated carbocycles. The van der Waals surface area contributed by atoms with Gasteiger partial charge in [-0.05, 0) is 61.0 Å². The van der Waals surface area contributed by atoms with E-state index >= 15 is 0 Å². The van der Waals surface area contributed by atoms with E-state index < -0.39 is 15.9 Å². The summed E-state index contributed by atoms with van der Waals surface area (Å²) in [6.45, 7) is 1.81. The third-order valence-electron chi connectivity index (χ3n) is 4.81. The molecule has 0 fully saturated rings. The number of sulfonamides is 1. The van der Waals surface area contributed by atoms with E-state index in [-0.39, 0.29) is 16.5 Å². The SMILES string of the molecule is CC(NC(=O)c1cccc(S(=O)(=O)N(C)c2cccc(Cl)c2)c1)c1ccc(C#N)cc1. The quantitative estimate of drug-likeness (QED) is 0.593. The van der Waals surface area contributed by atoms with E-state index in [2.05, 4.69) is 5.32 Å². The van der Waals surface area contributed by atoms with Gasteiger partial charge in [0.15, 0.2) is 0 Å². The van der Waals surface area contributed by atoms with Gasteiger partial charge in [-0.2, -0.15) is 5.26 Å². The summed E-state index contributed by atoms with van der Waals surface area (Å²) in [4.78, 5) is 12.7. The van der Waals surface area contributed by atoms with Crippen molar-refractivity contribution in [2.45, 2.75) is 17.9 Å². The lowest BCUT2D eigenvalue weighted by atomic mass is 10.1. The Hall–Kier alpha value is -3.34. The number of nitrogens with zero attached hydrogens (tertiary/aromatic N) is 2. The maximum atomic E-state index is 13.0. The van der Waals surface area contributed by atoms with Crippen LogP contribution in [0, 0.1) is 11.3 Å². The highest BCUT2D eigenvalue weighted by Gasteiger charge is 2.23. The minimum absolute atomic E-state index is 0.00588. The van der Waals surface area contributed by atoms with Gasteiger partial charge in [0.05, 0.1) is 28.3 Å². The molecule has 0 aliphatic heterocycles. The Kier molecular flexibility index (Phi) is 6.64. The average Bonchev–Trinajstić information content (AvgIpc) is 2.78. The first kappa shape index (κ1) is 22.3. The van der Waals surface area contributed by atoms with Crippen LogP contribution in [0.25, 0.3) is 0 Å². The third-order valence-corrected chi connectivity index (χ3v) is 6.83. The fourth-order valence-corrected chi connectivity index (χ4v) is 4.39. The molecule has 0 aliphatic carbocycles. The topological polar surface area (TPSA) is 90.3 Å². The van der Waals surface area contributed by atoms with Crippen molar-refractivity contribution in [2.24, 2.45) is 0 Å². The van der Waals surface area contributed by atoms with Gasteiger partial charge in [-0.25, -0.2) is 8.42 Å². The molecule has 0 saturated heterocycles. The number of carbonyl (C=O) groups excluding carboxylic acids is 1. The normalized spacial score (nSPS) is 11.9. The summed E-state index contributed by atoms with van der Waals surface area (Å²) >= 11 is 5.98. The number of nitriles is 1. The lowest BCUT2D eigenvalue weighted by molar-refractivity contribution is 0.0939. The number of rotatable bonds is 6. The highest BCUT2D eigenvalue weighted by Crippen LogP contribution is 2.25. The zero-order valence-corrected chi connectivity index (χ0v) is 18.5. The van der Waals surface area contributed by atoms with Crippen LogP contribution < -0.4 is 9.62 Å². The highest BCUT2D eigenvalue weighted by atomic mass is 35.5.